The van der Waals surface area contributed by atoms with Crippen LogP contribution >= 0.6 is 0 Å². The van der Waals surface area contributed by atoms with Crippen LogP contribution in [-0.4, -0.2) is 35.2 Å². The highest BCUT2D eigenvalue weighted by atomic mass is 16.2. The molecule has 0 saturated heterocycles. The van der Waals surface area contributed by atoms with Crippen LogP contribution in [0, 0.1) is 20.8 Å². The smallest absolute Gasteiger partial charge is 0.302 e. The van der Waals surface area contributed by atoms with Crippen molar-refractivity contribution in [3.8, 4) is 11.5 Å². The quantitative estimate of drug-likeness (QED) is 0.572. The van der Waals surface area contributed by atoms with Gasteiger partial charge in [0.25, 0.3) is 0 Å². The van der Waals surface area contributed by atoms with E-state index < -0.39 is 0 Å². The first-order valence-electron chi connectivity index (χ1n) is 8.28. The van der Waals surface area contributed by atoms with Crippen molar-refractivity contribution in [3.63, 3.8) is 0 Å². The van der Waals surface area contributed by atoms with Gasteiger partial charge in [-0.15, -0.1) is 5.10 Å². The lowest BCUT2D eigenvalue weighted by atomic mass is 10.2. The lowest BCUT2D eigenvalue weighted by Gasteiger charge is -2.09. The second-order valence-electron chi connectivity index (χ2n) is 6.24. The van der Waals surface area contributed by atoms with Crippen LogP contribution in [0.1, 0.15) is 27.4 Å². The number of carbonyl (C=O) groups is 1. The first-order valence-corrected chi connectivity index (χ1v) is 8.28. The highest BCUT2D eigenvalue weighted by molar-refractivity contribution is 5.96. The zero-order chi connectivity index (χ0) is 18.3. The third-order valence-electron chi connectivity index (χ3n) is 4.18. The zero-order valence-electron chi connectivity index (χ0n) is 14.8. The van der Waals surface area contributed by atoms with Gasteiger partial charge in [-0.1, -0.05) is 22.9 Å². The minimum atomic E-state index is -0.308. The molecule has 7 nitrogen and oxygen atoms in total. The van der Waals surface area contributed by atoms with E-state index in [1.165, 1.54) is 4.68 Å². The van der Waals surface area contributed by atoms with Gasteiger partial charge in [0.15, 0.2) is 11.5 Å². The Kier molecular flexibility index (Phi) is 3.76. The van der Waals surface area contributed by atoms with Gasteiger partial charge in [0.1, 0.15) is 0 Å². The maximum absolute atomic E-state index is 13.1. The summed E-state index contributed by atoms with van der Waals surface area (Å²) in [5.74, 6) is 0.272. The van der Waals surface area contributed by atoms with Gasteiger partial charge in [0, 0.05) is 18.1 Å². The fourth-order valence-electron chi connectivity index (χ4n) is 2.92. The Hall–Kier alpha value is -3.48. The summed E-state index contributed by atoms with van der Waals surface area (Å²) in [6.45, 7) is 5.72. The van der Waals surface area contributed by atoms with E-state index in [2.05, 4.69) is 15.4 Å². The monoisotopic (exact) mass is 346 g/mol. The molecule has 0 aliphatic rings. The van der Waals surface area contributed by atoms with Crippen molar-refractivity contribution in [1.29, 1.82) is 0 Å². The standard InChI is InChI=1S/C19H18N6O/c1-13-6-8-16(9-7-13)25-18(23-10-4-5-11-23)17(20-22-25)19(26)24-15(3)12-14(2)21-24/h4-12H,1-3H3. The Morgan fingerprint density at radius 3 is 2.31 bits per heavy atom. The molecule has 0 bridgehead atoms. The number of rotatable bonds is 3. The lowest BCUT2D eigenvalue weighted by molar-refractivity contribution is 0.0937. The summed E-state index contributed by atoms with van der Waals surface area (Å²) in [6.07, 6.45) is 3.72. The van der Waals surface area contributed by atoms with Crippen LogP contribution in [0.15, 0.2) is 54.9 Å². The van der Waals surface area contributed by atoms with Crippen LogP contribution in [0.3, 0.4) is 0 Å². The molecule has 0 amide bonds. The third kappa shape index (κ3) is 2.63. The number of benzene rings is 1. The second-order valence-corrected chi connectivity index (χ2v) is 6.24. The van der Waals surface area contributed by atoms with Gasteiger partial charge in [0.05, 0.1) is 11.4 Å². The Balaban J connectivity index is 1.89. The zero-order valence-corrected chi connectivity index (χ0v) is 14.8. The largest absolute Gasteiger partial charge is 0.307 e. The maximum atomic E-state index is 13.1. The molecule has 0 radical (unpaired) electrons. The van der Waals surface area contributed by atoms with Gasteiger partial charge >= 0.3 is 5.91 Å². The van der Waals surface area contributed by atoms with Crippen molar-refractivity contribution in [2.24, 2.45) is 0 Å². The molecule has 0 aliphatic heterocycles. The molecular weight excluding hydrogens is 328 g/mol. The van der Waals surface area contributed by atoms with Crippen molar-refractivity contribution in [3.05, 3.63) is 77.5 Å². The summed E-state index contributed by atoms with van der Waals surface area (Å²) in [4.78, 5) is 13.1. The number of aromatic nitrogens is 6. The van der Waals surface area contributed by atoms with Crippen molar-refractivity contribution in [2.75, 3.05) is 0 Å². The number of aryl methyl sites for hydroxylation is 3. The van der Waals surface area contributed by atoms with Crippen LogP contribution in [0.5, 0.6) is 0 Å². The molecule has 0 unspecified atom stereocenters. The first kappa shape index (κ1) is 16.0. The Labute approximate surface area is 150 Å². The molecule has 3 heterocycles. The molecule has 0 spiro atoms. The molecular formula is C19H18N6O. The number of nitrogens with zero attached hydrogens (tertiary/aromatic N) is 6. The van der Waals surface area contributed by atoms with E-state index >= 15 is 0 Å². The van der Waals surface area contributed by atoms with Crippen LogP contribution < -0.4 is 0 Å². The molecule has 4 rings (SSSR count). The van der Waals surface area contributed by atoms with Crippen LogP contribution in [0.2, 0.25) is 0 Å². The van der Waals surface area contributed by atoms with E-state index in [1.54, 1.807) is 4.68 Å². The molecule has 0 fully saturated rings. The summed E-state index contributed by atoms with van der Waals surface area (Å²) in [6, 6.07) is 13.5. The Morgan fingerprint density at radius 2 is 1.69 bits per heavy atom. The Bertz CT molecular complexity index is 1070. The predicted octanol–water partition coefficient (Wildman–Crippen LogP) is 2.87. The van der Waals surface area contributed by atoms with E-state index in [1.807, 2.05) is 80.2 Å². The van der Waals surface area contributed by atoms with Crippen molar-refractivity contribution in [1.82, 2.24) is 29.3 Å². The fourth-order valence-corrected chi connectivity index (χ4v) is 2.92. The molecule has 0 aliphatic carbocycles. The third-order valence-corrected chi connectivity index (χ3v) is 4.18. The van der Waals surface area contributed by atoms with Gasteiger partial charge < -0.3 is 4.57 Å². The molecule has 4 aromatic rings. The molecule has 3 aromatic heterocycles. The maximum Gasteiger partial charge on any atom is 0.302 e. The summed E-state index contributed by atoms with van der Waals surface area (Å²) in [5.41, 5.74) is 3.77. The molecule has 130 valence electrons. The highest BCUT2D eigenvalue weighted by Gasteiger charge is 2.24. The Morgan fingerprint density at radius 1 is 1.00 bits per heavy atom. The molecule has 0 atom stereocenters. The average Bonchev–Trinajstić information content (AvgIpc) is 3.34. The number of carbonyl (C=O) groups excluding carboxylic acids is 1. The molecule has 7 heteroatoms. The molecule has 26 heavy (non-hydrogen) atoms. The lowest BCUT2D eigenvalue weighted by Crippen LogP contribution is -2.18. The normalized spacial score (nSPS) is 11.0. The van der Waals surface area contributed by atoms with E-state index in [-0.39, 0.29) is 11.6 Å². The molecule has 1 aromatic carbocycles. The number of hydrogen-bond acceptors (Lipinski definition) is 4. The van der Waals surface area contributed by atoms with Crippen molar-refractivity contribution < 1.29 is 4.79 Å². The van der Waals surface area contributed by atoms with Crippen molar-refractivity contribution in [2.45, 2.75) is 20.8 Å². The van der Waals surface area contributed by atoms with E-state index in [0.29, 0.717) is 5.82 Å². The first-order chi connectivity index (χ1) is 12.5. The topological polar surface area (TPSA) is 70.5 Å². The SMILES string of the molecule is Cc1ccc(-n2nnc(C(=O)n3nc(C)cc3C)c2-n2cccc2)cc1. The molecule has 0 saturated carbocycles. The van der Waals surface area contributed by atoms with Gasteiger partial charge in [0.2, 0.25) is 0 Å². The van der Waals surface area contributed by atoms with Gasteiger partial charge in [-0.3, -0.25) is 4.79 Å². The summed E-state index contributed by atoms with van der Waals surface area (Å²) in [5, 5.41) is 12.7. The van der Waals surface area contributed by atoms with E-state index in [0.717, 1.165) is 22.6 Å². The van der Waals surface area contributed by atoms with Crippen molar-refractivity contribution >= 4 is 5.91 Å². The van der Waals surface area contributed by atoms with E-state index in [4.69, 9.17) is 0 Å². The van der Waals surface area contributed by atoms with Gasteiger partial charge in [-0.25, -0.2) is 0 Å². The summed E-state index contributed by atoms with van der Waals surface area (Å²) < 4.78 is 4.86. The van der Waals surface area contributed by atoms with Crippen LogP contribution in [-0.2, 0) is 0 Å². The van der Waals surface area contributed by atoms with Gasteiger partial charge in [-0.2, -0.15) is 14.5 Å². The van der Waals surface area contributed by atoms with Crippen LogP contribution in [0.4, 0.5) is 0 Å². The summed E-state index contributed by atoms with van der Waals surface area (Å²) >= 11 is 0. The van der Waals surface area contributed by atoms with E-state index in [9.17, 15) is 4.79 Å². The second kappa shape index (κ2) is 6.11. The van der Waals surface area contributed by atoms with Gasteiger partial charge in [-0.05, 0) is 51.1 Å². The predicted molar refractivity (Wildman–Crippen MR) is 96.9 cm³/mol. The highest BCUT2D eigenvalue weighted by Crippen LogP contribution is 2.20. The average molecular weight is 346 g/mol. The molecule has 0 N–H and O–H groups in total. The minimum absolute atomic E-state index is 0.243. The minimum Gasteiger partial charge on any atom is -0.307 e. The summed E-state index contributed by atoms with van der Waals surface area (Å²) in [7, 11) is 0. The van der Waals surface area contributed by atoms with Crippen LogP contribution in [0.25, 0.3) is 11.5 Å². The fraction of sp³-hybridized carbons (Fsp3) is 0.158. The number of hydrogen-bond donors (Lipinski definition) is 0.